The van der Waals surface area contributed by atoms with E-state index in [0.29, 0.717) is 18.8 Å². The van der Waals surface area contributed by atoms with E-state index in [0.717, 1.165) is 34.8 Å². The molecule has 0 saturated carbocycles. The first-order valence-electron chi connectivity index (χ1n) is 6.95. The topological polar surface area (TPSA) is 77.3 Å². The van der Waals surface area contributed by atoms with Crippen molar-refractivity contribution in [1.29, 1.82) is 0 Å². The van der Waals surface area contributed by atoms with E-state index in [2.05, 4.69) is 10.1 Å². The molecule has 3 heterocycles. The molecule has 0 unspecified atom stereocenters. The lowest BCUT2D eigenvalue weighted by Gasteiger charge is -2.18. The smallest absolute Gasteiger partial charge is 0.266 e. The quantitative estimate of drug-likeness (QED) is 0.837. The number of fused-ring (bicyclic) bond motifs is 1. The molecule has 114 valence electrons. The van der Waals surface area contributed by atoms with Crippen LogP contribution in [0.25, 0.3) is 11.0 Å². The summed E-state index contributed by atoms with van der Waals surface area (Å²) in [6.07, 6.45) is 4.03. The van der Waals surface area contributed by atoms with Crippen molar-refractivity contribution >= 4 is 21.1 Å². The zero-order valence-corrected chi connectivity index (χ0v) is 12.9. The molecule has 0 spiro atoms. The third-order valence-corrected chi connectivity index (χ3v) is 5.27. The fraction of sp³-hybridized carbons (Fsp3) is 0.538. The van der Waals surface area contributed by atoms with Gasteiger partial charge in [-0.15, -0.1) is 0 Å². The van der Waals surface area contributed by atoms with Gasteiger partial charge >= 0.3 is 0 Å². The minimum atomic E-state index is -3.67. The number of sulfonamides is 1. The predicted octanol–water partition coefficient (Wildman–Crippen LogP) is 1.38. The molecule has 0 N–H and O–H groups in total. The van der Waals surface area contributed by atoms with Crippen LogP contribution in [-0.2, 0) is 21.9 Å². The fourth-order valence-electron chi connectivity index (χ4n) is 2.49. The number of pyridine rings is 1. The van der Waals surface area contributed by atoms with Gasteiger partial charge in [0.05, 0.1) is 12.3 Å². The highest BCUT2D eigenvalue weighted by molar-refractivity contribution is 7.89. The predicted molar refractivity (Wildman–Crippen MR) is 76.9 cm³/mol. The van der Waals surface area contributed by atoms with Crippen LogP contribution in [0, 0.1) is 6.92 Å². The van der Waals surface area contributed by atoms with Gasteiger partial charge in [0, 0.05) is 25.2 Å². The highest BCUT2D eigenvalue weighted by Gasteiger charge is 2.27. The van der Waals surface area contributed by atoms with Crippen LogP contribution in [0.1, 0.15) is 25.0 Å². The van der Waals surface area contributed by atoms with Crippen LogP contribution < -0.4 is 0 Å². The van der Waals surface area contributed by atoms with Crippen molar-refractivity contribution in [2.75, 3.05) is 13.2 Å². The summed E-state index contributed by atoms with van der Waals surface area (Å²) in [6.45, 7) is 2.65. The Hall–Kier alpha value is -1.51. The molecule has 2 aromatic rings. The molecule has 1 aliphatic rings. The fourth-order valence-corrected chi connectivity index (χ4v) is 3.76. The van der Waals surface area contributed by atoms with E-state index >= 15 is 0 Å². The van der Waals surface area contributed by atoms with Crippen molar-refractivity contribution in [3.05, 3.63) is 18.0 Å². The number of hydrogen-bond donors (Lipinski definition) is 0. The number of hydrogen-bond acceptors (Lipinski definition) is 5. The lowest BCUT2D eigenvalue weighted by Crippen LogP contribution is -2.31. The van der Waals surface area contributed by atoms with Gasteiger partial charge in [0.1, 0.15) is 4.90 Å². The molecular formula is C13H18N4O3S. The van der Waals surface area contributed by atoms with Gasteiger partial charge in [0.15, 0.2) is 5.65 Å². The SMILES string of the molecule is Cc1nn(C)c2ncc(S(=O)(=O)N3CCCCCO3)cc12. The first-order valence-corrected chi connectivity index (χ1v) is 8.39. The summed E-state index contributed by atoms with van der Waals surface area (Å²) in [7, 11) is -1.89. The van der Waals surface area contributed by atoms with Crippen LogP contribution in [0.2, 0.25) is 0 Å². The molecule has 2 aromatic heterocycles. The minimum absolute atomic E-state index is 0.146. The van der Waals surface area contributed by atoms with Crippen molar-refractivity contribution in [3.63, 3.8) is 0 Å². The zero-order chi connectivity index (χ0) is 15.0. The molecule has 0 aliphatic carbocycles. The average Bonchev–Trinajstić information content (AvgIpc) is 2.67. The Labute approximate surface area is 123 Å². The largest absolute Gasteiger partial charge is 0.284 e. The van der Waals surface area contributed by atoms with E-state index in [1.807, 2.05) is 6.92 Å². The monoisotopic (exact) mass is 310 g/mol. The number of hydroxylamine groups is 1. The summed E-state index contributed by atoms with van der Waals surface area (Å²) in [5.74, 6) is 0. The zero-order valence-electron chi connectivity index (χ0n) is 12.1. The second-order valence-corrected chi connectivity index (χ2v) is 7.01. The Morgan fingerprint density at radius 1 is 1.29 bits per heavy atom. The van der Waals surface area contributed by atoms with Gasteiger partial charge in [-0.25, -0.2) is 13.4 Å². The Balaban J connectivity index is 2.03. The normalized spacial score (nSPS) is 18.0. The van der Waals surface area contributed by atoms with E-state index in [1.54, 1.807) is 17.8 Å². The number of rotatable bonds is 2. The van der Waals surface area contributed by atoms with Gasteiger partial charge in [0.2, 0.25) is 0 Å². The third-order valence-electron chi connectivity index (χ3n) is 3.62. The number of nitrogens with zero attached hydrogens (tertiary/aromatic N) is 4. The summed E-state index contributed by atoms with van der Waals surface area (Å²) in [5, 5.41) is 5.00. The van der Waals surface area contributed by atoms with E-state index in [9.17, 15) is 8.42 Å². The van der Waals surface area contributed by atoms with Crippen molar-refractivity contribution < 1.29 is 13.3 Å². The summed E-state index contributed by atoms with van der Waals surface area (Å²) < 4.78 is 28.0. The van der Waals surface area contributed by atoms with Crippen LogP contribution in [-0.4, -0.2) is 40.8 Å². The van der Waals surface area contributed by atoms with E-state index in [4.69, 9.17) is 4.84 Å². The van der Waals surface area contributed by atoms with Gasteiger partial charge in [-0.2, -0.15) is 5.10 Å². The Bertz CT molecular complexity index is 761. The Kier molecular flexibility index (Phi) is 3.68. The maximum absolute atomic E-state index is 12.6. The maximum Gasteiger partial charge on any atom is 0.266 e. The maximum atomic E-state index is 12.6. The molecule has 1 saturated heterocycles. The lowest BCUT2D eigenvalue weighted by molar-refractivity contribution is -0.0748. The van der Waals surface area contributed by atoms with Crippen LogP contribution in [0.3, 0.4) is 0 Å². The van der Waals surface area contributed by atoms with Gasteiger partial charge < -0.3 is 0 Å². The molecule has 0 bridgehead atoms. The molecule has 0 atom stereocenters. The summed E-state index contributed by atoms with van der Waals surface area (Å²) in [5.41, 5.74) is 1.43. The van der Waals surface area contributed by atoms with Crippen LogP contribution in [0.5, 0.6) is 0 Å². The van der Waals surface area contributed by atoms with Crippen LogP contribution >= 0.6 is 0 Å². The van der Waals surface area contributed by atoms with Crippen molar-refractivity contribution in [3.8, 4) is 0 Å². The molecule has 1 fully saturated rings. The van der Waals surface area contributed by atoms with Crippen molar-refractivity contribution in [2.24, 2.45) is 7.05 Å². The second kappa shape index (κ2) is 5.36. The van der Waals surface area contributed by atoms with Crippen molar-refractivity contribution in [2.45, 2.75) is 31.1 Å². The number of aryl methyl sites for hydroxylation is 2. The van der Waals surface area contributed by atoms with E-state index in [1.165, 1.54) is 6.20 Å². The van der Waals surface area contributed by atoms with Crippen LogP contribution in [0.15, 0.2) is 17.2 Å². The molecule has 7 nitrogen and oxygen atoms in total. The second-order valence-electron chi connectivity index (χ2n) is 5.18. The Morgan fingerprint density at radius 3 is 2.90 bits per heavy atom. The minimum Gasteiger partial charge on any atom is -0.284 e. The first-order chi connectivity index (χ1) is 10.00. The molecule has 0 radical (unpaired) electrons. The standard InChI is InChI=1S/C13H18N4O3S/c1-10-12-8-11(9-14-13(12)16(2)15-10)21(18,19)17-6-4-3-5-7-20-17/h8-9H,3-7H2,1-2H3. The molecular weight excluding hydrogens is 292 g/mol. The molecule has 0 amide bonds. The molecule has 3 rings (SSSR count). The molecule has 1 aliphatic heterocycles. The highest BCUT2D eigenvalue weighted by atomic mass is 32.2. The molecule has 21 heavy (non-hydrogen) atoms. The van der Waals surface area contributed by atoms with Gasteiger partial charge in [-0.3, -0.25) is 9.52 Å². The first kappa shape index (κ1) is 14.4. The summed E-state index contributed by atoms with van der Waals surface area (Å²) in [6, 6.07) is 1.62. The van der Waals surface area contributed by atoms with Crippen molar-refractivity contribution in [1.82, 2.24) is 19.2 Å². The third kappa shape index (κ3) is 2.54. The Morgan fingerprint density at radius 2 is 2.10 bits per heavy atom. The lowest BCUT2D eigenvalue weighted by atomic mass is 10.2. The van der Waals surface area contributed by atoms with Crippen LogP contribution in [0.4, 0.5) is 0 Å². The van der Waals surface area contributed by atoms with E-state index < -0.39 is 10.0 Å². The van der Waals surface area contributed by atoms with Gasteiger partial charge in [-0.05, 0) is 32.3 Å². The average molecular weight is 310 g/mol. The molecule has 0 aromatic carbocycles. The van der Waals surface area contributed by atoms with Gasteiger partial charge in [0.25, 0.3) is 10.0 Å². The summed E-state index contributed by atoms with van der Waals surface area (Å²) >= 11 is 0. The highest BCUT2D eigenvalue weighted by Crippen LogP contribution is 2.23. The summed E-state index contributed by atoms with van der Waals surface area (Å²) in [4.78, 5) is 9.74. The molecule has 8 heteroatoms. The number of aromatic nitrogens is 3. The van der Waals surface area contributed by atoms with Gasteiger partial charge in [-0.1, -0.05) is 4.47 Å². The van der Waals surface area contributed by atoms with E-state index in [-0.39, 0.29) is 4.90 Å².